The molecule has 2 aromatic rings. The highest BCUT2D eigenvalue weighted by atomic mass is 32.2. The summed E-state index contributed by atoms with van der Waals surface area (Å²) in [6.07, 6.45) is 2.81. The first-order chi connectivity index (χ1) is 14.1. The van der Waals surface area contributed by atoms with Crippen molar-refractivity contribution in [3.8, 4) is 17.6 Å². The molecule has 1 aromatic carbocycles. The molecule has 1 aliphatic carbocycles. The number of ether oxygens (including phenoxy) is 2. The second kappa shape index (κ2) is 8.34. The Morgan fingerprint density at radius 2 is 2.14 bits per heavy atom. The number of aromatic nitrogens is 1. The molecule has 0 unspecified atom stereocenters. The molecule has 0 N–H and O–H groups in total. The van der Waals surface area contributed by atoms with Crippen LogP contribution in [0.25, 0.3) is 0 Å². The van der Waals surface area contributed by atoms with Gasteiger partial charge in [-0.3, -0.25) is 4.79 Å². The molecule has 2 aliphatic rings. The van der Waals surface area contributed by atoms with Crippen LogP contribution in [0.15, 0.2) is 29.3 Å². The van der Waals surface area contributed by atoms with Crippen LogP contribution in [0, 0.1) is 18.3 Å². The average molecular weight is 410 g/mol. The van der Waals surface area contributed by atoms with Crippen LogP contribution >= 0.6 is 11.8 Å². The number of pyridine rings is 1. The van der Waals surface area contributed by atoms with E-state index in [0.29, 0.717) is 29.5 Å². The number of fused-ring (bicyclic) bond motifs is 2. The summed E-state index contributed by atoms with van der Waals surface area (Å²) in [5.74, 6) is 1.65. The van der Waals surface area contributed by atoms with Crippen molar-refractivity contribution in [3.05, 3.63) is 46.6 Å². The van der Waals surface area contributed by atoms with Crippen LogP contribution in [0.5, 0.6) is 11.5 Å². The monoisotopic (exact) mass is 409 g/mol. The van der Waals surface area contributed by atoms with Crippen molar-refractivity contribution in [3.63, 3.8) is 0 Å². The van der Waals surface area contributed by atoms with E-state index in [9.17, 15) is 10.1 Å². The van der Waals surface area contributed by atoms with E-state index >= 15 is 0 Å². The Bertz CT molecular complexity index is 986. The first-order valence-electron chi connectivity index (χ1n) is 9.74. The number of likely N-dealkylation sites (N-methyl/N-ethyl adjacent to an activating group) is 1. The molecule has 150 valence electrons. The van der Waals surface area contributed by atoms with Gasteiger partial charge >= 0.3 is 0 Å². The zero-order chi connectivity index (χ0) is 20.4. The molecule has 4 rings (SSSR count). The van der Waals surface area contributed by atoms with Crippen LogP contribution in [-0.4, -0.2) is 47.8 Å². The van der Waals surface area contributed by atoms with Crippen molar-refractivity contribution in [2.75, 3.05) is 26.0 Å². The Hall–Kier alpha value is -2.72. The minimum Gasteiger partial charge on any atom is -0.486 e. The fourth-order valence-electron chi connectivity index (χ4n) is 3.78. The number of nitrogens with zero attached hydrogens (tertiary/aromatic N) is 3. The zero-order valence-electron chi connectivity index (χ0n) is 16.6. The van der Waals surface area contributed by atoms with Crippen molar-refractivity contribution >= 4 is 17.7 Å². The molecule has 0 fully saturated rings. The molecular formula is C22H23N3O3S. The molecule has 0 radical (unpaired) electrons. The summed E-state index contributed by atoms with van der Waals surface area (Å²) in [7, 11) is 1.76. The Balaban J connectivity index is 1.37. The van der Waals surface area contributed by atoms with Crippen LogP contribution < -0.4 is 9.47 Å². The van der Waals surface area contributed by atoms with E-state index in [2.05, 4.69) is 11.1 Å². The lowest BCUT2D eigenvalue weighted by atomic mass is 10.0. The quantitative estimate of drug-likeness (QED) is 0.706. The molecule has 0 saturated heterocycles. The molecule has 1 aromatic heterocycles. The largest absolute Gasteiger partial charge is 0.486 e. The molecule has 0 bridgehead atoms. The van der Waals surface area contributed by atoms with Crippen LogP contribution in [0.4, 0.5) is 0 Å². The number of benzene rings is 1. The van der Waals surface area contributed by atoms with Gasteiger partial charge in [0.2, 0.25) is 5.91 Å². The number of aryl methyl sites for hydroxylation is 1. The molecule has 1 atom stereocenters. The summed E-state index contributed by atoms with van der Waals surface area (Å²) in [5, 5.41) is 10.2. The maximum Gasteiger partial charge on any atom is 0.232 e. The molecule has 1 amide bonds. The highest BCUT2D eigenvalue weighted by Gasteiger charge is 2.25. The lowest BCUT2D eigenvalue weighted by Crippen LogP contribution is -2.42. The first kappa shape index (κ1) is 19.6. The van der Waals surface area contributed by atoms with Gasteiger partial charge in [0.05, 0.1) is 17.9 Å². The Kier molecular flexibility index (Phi) is 5.63. The van der Waals surface area contributed by atoms with Gasteiger partial charge in [0.15, 0.2) is 17.6 Å². The number of hydrogen-bond donors (Lipinski definition) is 0. The summed E-state index contributed by atoms with van der Waals surface area (Å²) >= 11 is 1.34. The predicted octanol–water partition coefficient (Wildman–Crippen LogP) is 3.14. The number of rotatable bonds is 5. The molecule has 0 saturated carbocycles. The first-order valence-corrected chi connectivity index (χ1v) is 10.7. The van der Waals surface area contributed by atoms with Crippen molar-refractivity contribution < 1.29 is 14.3 Å². The van der Waals surface area contributed by atoms with Crippen LogP contribution in [0.3, 0.4) is 0 Å². The standard InChI is InChI=1S/C22H23N3O3S/c1-14-16-6-5-7-18(16)24-22(17(14)10-23)29-13-21(26)25(2)11-15-12-27-19-8-3-4-9-20(19)28-15/h3-4,8-9,15H,5-7,11-13H2,1-2H3/t15-/m1/s1. The summed E-state index contributed by atoms with van der Waals surface area (Å²) in [6, 6.07) is 9.81. The van der Waals surface area contributed by atoms with E-state index in [1.807, 2.05) is 31.2 Å². The van der Waals surface area contributed by atoms with Gasteiger partial charge in [-0.05, 0) is 49.4 Å². The maximum absolute atomic E-state index is 12.7. The van der Waals surface area contributed by atoms with Crippen molar-refractivity contribution in [1.29, 1.82) is 5.26 Å². The summed E-state index contributed by atoms with van der Waals surface area (Å²) in [5.41, 5.74) is 3.91. The zero-order valence-corrected chi connectivity index (χ0v) is 17.4. The fourth-order valence-corrected chi connectivity index (χ4v) is 4.78. The number of thioether (sulfide) groups is 1. The van der Waals surface area contributed by atoms with Gasteiger partial charge in [-0.25, -0.2) is 4.98 Å². The highest BCUT2D eigenvalue weighted by Crippen LogP contribution is 2.32. The normalized spacial score (nSPS) is 16.8. The Labute approximate surface area is 174 Å². The third kappa shape index (κ3) is 4.03. The van der Waals surface area contributed by atoms with Crippen LogP contribution in [0.2, 0.25) is 0 Å². The van der Waals surface area contributed by atoms with E-state index in [4.69, 9.17) is 9.47 Å². The summed E-state index contributed by atoms with van der Waals surface area (Å²) in [4.78, 5) is 19.0. The van der Waals surface area contributed by atoms with Gasteiger partial charge in [-0.2, -0.15) is 5.26 Å². The van der Waals surface area contributed by atoms with Gasteiger partial charge < -0.3 is 14.4 Å². The molecule has 1 aliphatic heterocycles. The maximum atomic E-state index is 12.7. The number of amides is 1. The molecular weight excluding hydrogens is 386 g/mol. The smallest absolute Gasteiger partial charge is 0.232 e. The van der Waals surface area contributed by atoms with E-state index in [1.54, 1.807) is 11.9 Å². The molecule has 29 heavy (non-hydrogen) atoms. The Morgan fingerprint density at radius 1 is 1.34 bits per heavy atom. The second-order valence-corrected chi connectivity index (χ2v) is 8.33. The van der Waals surface area contributed by atoms with E-state index in [0.717, 1.165) is 36.3 Å². The average Bonchev–Trinajstić information content (AvgIpc) is 3.21. The van der Waals surface area contributed by atoms with Crippen molar-refractivity contribution in [1.82, 2.24) is 9.88 Å². The lowest BCUT2D eigenvalue weighted by molar-refractivity contribution is -0.128. The van der Waals surface area contributed by atoms with Gasteiger partial charge in [0, 0.05) is 12.7 Å². The van der Waals surface area contributed by atoms with Crippen molar-refractivity contribution in [2.24, 2.45) is 0 Å². The summed E-state index contributed by atoms with van der Waals surface area (Å²) in [6.45, 7) is 2.84. The highest BCUT2D eigenvalue weighted by molar-refractivity contribution is 8.00. The van der Waals surface area contributed by atoms with Gasteiger partial charge in [0.25, 0.3) is 0 Å². The van der Waals surface area contributed by atoms with Gasteiger partial charge in [0.1, 0.15) is 17.7 Å². The SMILES string of the molecule is Cc1c(C#N)c(SCC(=O)N(C)C[C@@H]2COc3ccccc3O2)nc2c1CCC2. The van der Waals surface area contributed by atoms with E-state index < -0.39 is 0 Å². The van der Waals surface area contributed by atoms with E-state index in [-0.39, 0.29) is 17.8 Å². The number of nitriles is 1. The topological polar surface area (TPSA) is 75.5 Å². The number of para-hydroxylation sites is 2. The van der Waals surface area contributed by atoms with Crippen LogP contribution in [0.1, 0.15) is 28.8 Å². The van der Waals surface area contributed by atoms with E-state index in [1.165, 1.54) is 17.3 Å². The lowest BCUT2D eigenvalue weighted by Gasteiger charge is -2.29. The molecule has 2 heterocycles. The Morgan fingerprint density at radius 3 is 2.93 bits per heavy atom. The third-order valence-electron chi connectivity index (χ3n) is 5.38. The fraction of sp³-hybridized carbons (Fsp3) is 0.409. The number of hydrogen-bond acceptors (Lipinski definition) is 6. The minimum atomic E-state index is -0.209. The summed E-state index contributed by atoms with van der Waals surface area (Å²) < 4.78 is 11.7. The van der Waals surface area contributed by atoms with Crippen molar-refractivity contribution in [2.45, 2.75) is 37.3 Å². The van der Waals surface area contributed by atoms with Gasteiger partial charge in [-0.1, -0.05) is 23.9 Å². The molecule has 6 nitrogen and oxygen atoms in total. The molecule has 0 spiro atoms. The third-order valence-corrected chi connectivity index (χ3v) is 6.34. The number of carbonyl (C=O) groups is 1. The predicted molar refractivity (Wildman–Crippen MR) is 110 cm³/mol. The van der Waals surface area contributed by atoms with Gasteiger partial charge in [-0.15, -0.1) is 0 Å². The molecule has 7 heteroatoms. The number of carbonyl (C=O) groups excluding carboxylic acids is 1. The second-order valence-electron chi connectivity index (χ2n) is 7.37. The minimum absolute atomic E-state index is 0.0266. The van der Waals surface area contributed by atoms with Crippen LogP contribution in [-0.2, 0) is 17.6 Å².